The first-order chi connectivity index (χ1) is 49.2. The predicted octanol–water partition coefficient (Wildman–Crippen LogP) is 22.0. The number of rotatable bonds is 69. The molecular weight excluding hydrogens is 1310 g/mol. The van der Waals surface area contributed by atoms with Gasteiger partial charge in [-0.2, -0.15) is 0 Å². The zero-order valence-corrected chi connectivity index (χ0v) is 63.8. The molecule has 0 aliphatic heterocycles. The van der Waals surface area contributed by atoms with Gasteiger partial charge in [-0.25, -0.2) is 9.13 Å². The second-order valence-electron chi connectivity index (χ2n) is 24.3. The fraction of sp³-hybridized carbons (Fsp3) is 0.578. The summed E-state index contributed by atoms with van der Waals surface area (Å²) in [6, 6.07) is 0. The van der Waals surface area contributed by atoms with Crippen LogP contribution in [0.1, 0.15) is 252 Å². The lowest BCUT2D eigenvalue weighted by atomic mass is 10.0. The summed E-state index contributed by atoms with van der Waals surface area (Å²) < 4.78 is 60.9. The number of hydrogen-bond acceptors (Lipinski definition) is 14. The lowest BCUT2D eigenvalue weighted by Gasteiger charge is -2.21. The van der Waals surface area contributed by atoms with E-state index in [-0.39, 0.29) is 19.3 Å². The van der Waals surface area contributed by atoms with Gasteiger partial charge in [0.2, 0.25) is 0 Å². The third kappa shape index (κ3) is 75.4. The van der Waals surface area contributed by atoms with Crippen LogP contribution in [0.2, 0.25) is 0 Å². The average molecular weight is 1450 g/mol. The van der Waals surface area contributed by atoms with Crippen molar-refractivity contribution >= 4 is 33.6 Å². The van der Waals surface area contributed by atoms with E-state index < -0.39 is 91.5 Å². The number of aliphatic hydroxyl groups is 2. The van der Waals surface area contributed by atoms with Crippen molar-refractivity contribution in [1.82, 2.24) is 0 Å². The Morgan fingerprint density at radius 3 is 0.871 bits per heavy atom. The Bertz CT molecular complexity index is 2620. The largest absolute Gasteiger partial charge is 0.472 e. The van der Waals surface area contributed by atoms with E-state index >= 15 is 0 Å². The van der Waals surface area contributed by atoms with Crippen LogP contribution in [0.3, 0.4) is 0 Å². The van der Waals surface area contributed by atoms with E-state index in [1.54, 1.807) is 0 Å². The quantitative estimate of drug-likeness (QED) is 0.0146. The van der Waals surface area contributed by atoms with Crippen LogP contribution >= 0.6 is 15.6 Å². The van der Waals surface area contributed by atoms with Crippen LogP contribution in [0.4, 0.5) is 0 Å². The number of phosphoric acid groups is 2. The molecule has 4 N–H and O–H groups in total. The standard InChI is InChI=1S/C83H132O16P2/c1-4-7-10-13-16-19-22-25-28-31-33-34-35-36-37-38-39-40-41-42-44-47-48-51-54-57-60-63-66-69-81(86)93-72-78(84)73-95-100(89,90)96-74-79(85)75-97-101(91,92)98-77-80(99-83(88)71-68-65-62-59-56-53-50-45-30-27-24-21-18-15-12-9-6-3)76-94-82(87)70-67-64-61-58-55-52-49-46-43-32-29-26-23-20-17-14-11-8-5-2/h7-12,16-21,25-30,33-34,36-37,43,46,50,52-53,55,59,61-62,64,78-80,84-85H,4-6,13-15,22-24,31-32,35,38-42,44-45,47-49,51,54,56-58,60,63,65-77H2,1-3H3,(H,89,90)(H,91,92)/b10-7-,11-8-,12-9-,19-16-,20-17-,21-18-,28-25-,29-26-,30-27-,34-33-,37-36-,46-43-,53-50-,55-52-,62-59-,64-61-. The molecule has 5 atom stereocenters. The van der Waals surface area contributed by atoms with Crippen molar-refractivity contribution in [3.63, 3.8) is 0 Å². The van der Waals surface area contributed by atoms with Crippen LogP contribution < -0.4 is 0 Å². The molecular formula is C83H132O16P2. The first-order valence-corrected chi connectivity index (χ1v) is 40.7. The van der Waals surface area contributed by atoms with E-state index in [0.29, 0.717) is 32.1 Å². The summed E-state index contributed by atoms with van der Waals surface area (Å²) in [6.45, 7) is 2.14. The fourth-order valence-electron chi connectivity index (χ4n) is 9.19. The minimum atomic E-state index is -4.97. The highest BCUT2D eigenvalue weighted by Gasteiger charge is 2.29. The van der Waals surface area contributed by atoms with Gasteiger partial charge in [0.15, 0.2) is 6.10 Å². The van der Waals surface area contributed by atoms with E-state index in [9.17, 15) is 43.5 Å². The van der Waals surface area contributed by atoms with Gasteiger partial charge in [-0.3, -0.25) is 32.5 Å². The van der Waals surface area contributed by atoms with Crippen molar-refractivity contribution in [3.8, 4) is 0 Å². The molecule has 0 aromatic heterocycles. The molecule has 0 aliphatic rings. The zero-order chi connectivity index (χ0) is 73.7. The molecule has 0 bridgehead atoms. The highest BCUT2D eigenvalue weighted by atomic mass is 31.2. The summed E-state index contributed by atoms with van der Waals surface area (Å²) in [6.07, 6.45) is 96.6. The maximum atomic E-state index is 12.9. The van der Waals surface area contributed by atoms with Gasteiger partial charge in [0.1, 0.15) is 25.4 Å². The van der Waals surface area contributed by atoms with Crippen molar-refractivity contribution in [3.05, 3.63) is 194 Å². The zero-order valence-electron chi connectivity index (χ0n) is 62.0. The summed E-state index contributed by atoms with van der Waals surface area (Å²) >= 11 is 0. The van der Waals surface area contributed by atoms with Crippen molar-refractivity contribution in [1.29, 1.82) is 0 Å². The summed E-state index contributed by atoms with van der Waals surface area (Å²) in [5.41, 5.74) is 0. The summed E-state index contributed by atoms with van der Waals surface area (Å²) in [4.78, 5) is 58.5. The Hall–Kier alpha value is -5.61. The normalized spacial score (nSPS) is 15.1. The first-order valence-electron chi connectivity index (χ1n) is 37.7. The van der Waals surface area contributed by atoms with Crippen LogP contribution in [0, 0.1) is 0 Å². The molecule has 0 rings (SSSR count). The average Bonchev–Trinajstić information content (AvgIpc) is 1.07. The molecule has 0 spiro atoms. The van der Waals surface area contributed by atoms with Gasteiger partial charge in [-0.1, -0.05) is 286 Å². The van der Waals surface area contributed by atoms with Crippen LogP contribution in [0.15, 0.2) is 194 Å². The summed E-state index contributed by atoms with van der Waals surface area (Å²) in [7, 11) is -9.84. The molecule has 18 heteroatoms. The number of aliphatic hydroxyl groups excluding tert-OH is 2. The van der Waals surface area contributed by atoms with E-state index in [2.05, 4.69) is 185 Å². The molecule has 0 heterocycles. The van der Waals surface area contributed by atoms with Gasteiger partial charge >= 0.3 is 33.6 Å². The van der Waals surface area contributed by atoms with Crippen LogP contribution in [0.25, 0.3) is 0 Å². The van der Waals surface area contributed by atoms with E-state index in [4.69, 9.17) is 32.3 Å². The number of esters is 3. The maximum Gasteiger partial charge on any atom is 0.472 e. The molecule has 0 radical (unpaired) electrons. The number of ether oxygens (including phenoxy) is 3. The molecule has 5 unspecified atom stereocenters. The molecule has 0 fully saturated rings. The minimum Gasteiger partial charge on any atom is -0.463 e. The van der Waals surface area contributed by atoms with Crippen LogP contribution in [-0.4, -0.2) is 95.9 Å². The minimum absolute atomic E-state index is 0.00252. The fourth-order valence-corrected chi connectivity index (χ4v) is 10.8. The predicted molar refractivity (Wildman–Crippen MR) is 417 cm³/mol. The highest BCUT2D eigenvalue weighted by molar-refractivity contribution is 7.47. The Balaban J connectivity index is 4.66. The monoisotopic (exact) mass is 1450 g/mol. The van der Waals surface area contributed by atoms with Gasteiger partial charge in [-0.15, -0.1) is 0 Å². The second-order valence-corrected chi connectivity index (χ2v) is 27.2. The Kier molecular flexibility index (Phi) is 70.0. The third-order valence-electron chi connectivity index (χ3n) is 14.8. The smallest absolute Gasteiger partial charge is 0.463 e. The van der Waals surface area contributed by atoms with Crippen molar-refractivity contribution in [2.75, 3.05) is 39.6 Å². The third-order valence-corrected chi connectivity index (χ3v) is 16.7. The van der Waals surface area contributed by atoms with Gasteiger partial charge < -0.3 is 34.2 Å². The summed E-state index contributed by atoms with van der Waals surface area (Å²) in [5.74, 6) is -1.76. The van der Waals surface area contributed by atoms with Crippen molar-refractivity contribution in [2.24, 2.45) is 0 Å². The number of unbranched alkanes of at least 4 members (excludes halogenated alkanes) is 14. The van der Waals surface area contributed by atoms with Gasteiger partial charge in [0.25, 0.3) is 0 Å². The lowest BCUT2D eigenvalue weighted by molar-refractivity contribution is -0.161. The number of carbonyl (C=O) groups is 3. The van der Waals surface area contributed by atoms with E-state index in [1.165, 1.54) is 57.8 Å². The second kappa shape index (κ2) is 74.1. The Labute approximate surface area is 610 Å². The Morgan fingerprint density at radius 2 is 0.525 bits per heavy atom. The number of phosphoric ester groups is 2. The number of hydrogen-bond donors (Lipinski definition) is 4. The number of allylic oxidation sites excluding steroid dienone is 32. The van der Waals surface area contributed by atoms with E-state index in [0.717, 1.165) is 122 Å². The molecule has 101 heavy (non-hydrogen) atoms. The molecule has 0 saturated carbocycles. The molecule has 570 valence electrons. The lowest BCUT2D eigenvalue weighted by Crippen LogP contribution is -2.30. The summed E-state index contributed by atoms with van der Waals surface area (Å²) in [5, 5.41) is 20.6. The van der Waals surface area contributed by atoms with Crippen LogP contribution in [0.5, 0.6) is 0 Å². The highest BCUT2D eigenvalue weighted by Crippen LogP contribution is 2.45. The van der Waals surface area contributed by atoms with Gasteiger partial charge in [0.05, 0.1) is 26.4 Å². The van der Waals surface area contributed by atoms with Gasteiger partial charge in [-0.05, 0) is 141 Å². The number of carbonyl (C=O) groups excluding carboxylic acids is 3. The van der Waals surface area contributed by atoms with E-state index in [1.807, 2.05) is 30.4 Å². The topological polar surface area (TPSA) is 231 Å². The Morgan fingerprint density at radius 1 is 0.277 bits per heavy atom. The van der Waals surface area contributed by atoms with Crippen LogP contribution in [-0.2, 0) is 55.8 Å². The molecule has 0 aliphatic carbocycles. The van der Waals surface area contributed by atoms with Crippen molar-refractivity contribution in [2.45, 2.75) is 270 Å². The maximum absolute atomic E-state index is 12.9. The molecule has 0 amide bonds. The van der Waals surface area contributed by atoms with Gasteiger partial charge in [0, 0.05) is 19.3 Å². The first kappa shape index (κ1) is 95.4. The SMILES string of the molecule is CC/C=C\C/C=C\C/C=C\C/C=C\C/C=C\C/C=C\CCC(=O)OCC(COP(=O)(O)OCC(O)COP(=O)(O)OCC(O)COC(=O)CCCCCCCCCCCCCCC/C=C\C/C=C\C/C=C\C/C=C\C/C=C\CC)OC(=O)CCC/C=C\C/C=C\C/C=C\C/C=C\C/C=C\CC. The van der Waals surface area contributed by atoms with Crippen molar-refractivity contribution < 1.29 is 75.8 Å². The molecule has 0 aromatic carbocycles. The molecule has 16 nitrogen and oxygen atoms in total. The molecule has 0 saturated heterocycles. The molecule has 0 aromatic rings.